The van der Waals surface area contributed by atoms with Gasteiger partial charge in [0, 0.05) is 73.3 Å². The third kappa shape index (κ3) is 8.58. The third-order valence-electron chi connectivity index (χ3n) is 9.88. The Labute approximate surface area is 338 Å². The first-order valence-corrected chi connectivity index (χ1v) is 19.2. The van der Waals surface area contributed by atoms with E-state index >= 15 is 0 Å². The molecule has 1 atom stereocenters. The van der Waals surface area contributed by atoms with Gasteiger partial charge in [-0.05, 0) is 44.9 Å². The predicted molar refractivity (Wildman–Crippen MR) is 214 cm³/mol. The molecule has 2 fully saturated rings. The zero-order valence-electron chi connectivity index (χ0n) is 31.8. The van der Waals surface area contributed by atoms with Gasteiger partial charge in [0.15, 0.2) is 0 Å². The fraction of sp³-hybridized carbons (Fsp3) is 0.341. The average molecular weight is 815 g/mol. The van der Waals surface area contributed by atoms with Gasteiger partial charge in [0.2, 0.25) is 11.8 Å². The van der Waals surface area contributed by atoms with Crippen LogP contribution < -0.4 is 15.6 Å². The number of carbonyl (C=O) groups excluding carboxylic acids is 2. The van der Waals surface area contributed by atoms with Crippen molar-refractivity contribution in [3.8, 4) is 39.4 Å². The lowest BCUT2D eigenvalue weighted by molar-refractivity contribution is -0.147. The Balaban J connectivity index is 1.14. The summed E-state index contributed by atoms with van der Waals surface area (Å²) in [5.41, 5.74) is 4.12. The molecule has 0 unspecified atom stereocenters. The van der Waals surface area contributed by atoms with E-state index in [-0.39, 0.29) is 36.5 Å². The van der Waals surface area contributed by atoms with Gasteiger partial charge in [0.1, 0.15) is 16.9 Å². The van der Waals surface area contributed by atoms with E-state index in [1.807, 2.05) is 41.3 Å². The first-order chi connectivity index (χ1) is 27.2. The molecule has 2 saturated heterocycles. The molecule has 2 amide bonds. The Morgan fingerprint density at radius 1 is 0.982 bits per heavy atom. The number of halogens is 2. The van der Waals surface area contributed by atoms with Gasteiger partial charge in [-0.1, -0.05) is 59.6 Å². The number of methoxy groups -OCH3 is 1. The van der Waals surface area contributed by atoms with E-state index in [1.54, 1.807) is 45.3 Å². The summed E-state index contributed by atoms with van der Waals surface area (Å²) in [6.45, 7) is 6.73. The minimum absolute atomic E-state index is 0.0293. The molecule has 5 aromatic rings. The number of fused-ring (bicyclic) bond motifs is 1. The second kappa shape index (κ2) is 16.1. The lowest BCUT2D eigenvalue weighted by Crippen LogP contribution is -2.50. The highest BCUT2D eigenvalue weighted by atomic mass is 35.5. The molecule has 0 saturated carbocycles. The maximum atomic E-state index is 13.3. The monoisotopic (exact) mass is 813 g/mol. The molecule has 2 aromatic carbocycles. The summed E-state index contributed by atoms with van der Waals surface area (Å²) in [5, 5.41) is 12.9. The van der Waals surface area contributed by atoms with Crippen LogP contribution in [0.3, 0.4) is 0 Å². The lowest BCUT2D eigenvalue weighted by atomic mass is 9.97. The van der Waals surface area contributed by atoms with Gasteiger partial charge >= 0.3 is 12.1 Å². The van der Waals surface area contributed by atoms with Crippen molar-refractivity contribution in [2.75, 3.05) is 26.7 Å². The van der Waals surface area contributed by atoms with Crippen LogP contribution in [-0.2, 0) is 27.4 Å². The van der Waals surface area contributed by atoms with Crippen LogP contribution in [0, 0.1) is 5.92 Å². The number of amides is 2. The minimum Gasteiger partial charge on any atom is -0.481 e. The quantitative estimate of drug-likeness (QED) is 0.153. The van der Waals surface area contributed by atoms with Crippen LogP contribution in [-0.4, -0.2) is 90.6 Å². The molecule has 3 aromatic heterocycles. The molecule has 0 spiro atoms. The first kappa shape index (κ1) is 39.7. The standard InChI is InChI=1S/C41H41Cl2N7O7/c1-41(2,3)57-40(55)49(21-26-11-12-34(51)46-26)22-32-37(56-4)47-31(17-44-32)30-10-6-9-29(36(30)43)28-8-5-7-27(35(28)42)23-13-14-50-33(15-23)45-16-24(38(50)52)18-48-19-25(20-48)39(53)54/h5-10,13-17,25-26H,11-12,18-22H2,1-4H3,(H,46,51)(H,53,54)/t26-/m0/s1. The van der Waals surface area contributed by atoms with E-state index in [4.69, 9.17) is 37.7 Å². The number of nitrogens with one attached hydrogen (secondary N) is 1. The second-order valence-corrected chi connectivity index (χ2v) is 15.9. The summed E-state index contributed by atoms with van der Waals surface area (Å²) in [6, 6.07) is 14.5. The Kier molecular flexibility index (Phi) is 11.2. The smallest absolute Gasteiger partial charge is 0.410 e. The van der Waals surface area contributed by atoms with Crippen molar-refractivity contribution in [3.63, 3.8) is 0 Å². The van der Waals surface area contributed by atoms with Crippen LogP contribution in [0.2, 0.25) is 10.0 Å². The fourth-order valence-electron chi connectivity index (χ4n) is 6.98. The topological polar surface area (TPSA) is 169 Å². The summed E-state index contributed by atoms with van der Waals surface area (Å²) in [5.74, 6) is -1.11. The number of carboxylic acids is 1. The zero-order chi connectivity index (χ0) is 40.6. The molecule has 14 nitrogen and oxygen atoms in total. The van der Waals surface area contributed by atoms with Gasteiger partial charge in [0.25, 0.3) is 5.56 Å². The highest BCUT2D eigenvalue weighted by molar-refractivity contribution is 6.39. The number of carbonyl (C=O) groups is 3. The van der Waals surface area contributed by atoms with E-state index < -0.39 is 23.6 Å². The molecule has 0 bridgehead atoms. The number of hydrogen-bond acceptors (Lipinski definition) is 10. The van der Waals surface area contributed by atoms with E-state index in [1.165, 1.54) is 22.6 Å². The molecular formula is C41H41Cl2N7O7. The van der Waals surface area contributed by atoms with Crippen molar-refractivity contribution in [1.82, 2.24) is 34.5 Å². The van der Waals surface area contributed by atoms with Crippen LogP contribution in [0.15, 0.2) is 71.9 Å². The molecule has 0 aliphatic carbocycles. The summed E-state index contributed by atoms with van der Waals surface area (Å²) in [4.78, 5) is 67.0. The second-order valence-electron chi connectivity index (χ2n) is 15.2. The average Bonchev–Trinajstić information content (AvgIpc) is 3.57. The third-order valence-corrected chi connectivity index (χ3v) is 10.7. The highest BCUT2D eigenvalue weighted by Crippen LogP contribution is 2.42. The van der Waals surface area contributed by atoms with Gasteiger partial charge in [-0.3, -0.25) is 28.7 Å². The fourth-order valence-corrected chi connectivity index (χ4v) is 7.64. The predicted octanol–water partition coefficient (Wildman–Crippen LogP) is 6.33. The summed E-state index contributed by atoms with van der Waals surface area (Å²) in [6.07, 6.45) is 5.21. The van der Waals surface area contributed by atoms with Gasteiger partial charge in [0.05, 0.1) is 47.1 Å². The summed E-state index contributed by atoms with van der Waals surface area (Å²) >= 11 is 14.2. The van der Waals surface area contributed by atoms with Crippen LogP contribution >= 0.6 is 23.2 Å². The molecule has 2 N–H and O–H groups in total. The molecule has 2 aliphatic rings. The SMILES string of the molecule is COc1nc(-c2cccc(-c3cccc(-c4ccn5c(=O)c(CN6CC(C(=O)O)C6)cnc5c4)c3Cl)c2Cl)cnc1CN(C[C@@H]1CCC(=O)N1)C(=O)OC(C)(C)C. The first-order valence-electron chi connectivity index (χ1n) is 18.4. The number of benzene rings is 2. The number of rotatable bonds is 11. The Hall–Kier alpha value is -5.57. The van der Waals surface area contributed by atoms with Crippen molar-refractivity contribution in [1.29, 1.82) is 0 Å². The minimum atomic E-state index is -0.832. The molecule has 7 rings (SSSR count). The van der Waals surface area contributed by atoms with Gasteiger partial charge in [-0.15, -0.1) is 0 Å². The number of likely N-dealkylation sites (tertiary alicyclic amines) is 1. The Morgan fingerprint density at radius 3 is 2.32 bits per heavy atom. The molecule has 0 radical (unpaired) electrons. The zero-order valence-corrected chi connectivity index (χ0v) is 33.3. The number of carboxylic acid groups (broad SMARTS) is 1. The van der Waals surface area contributed by atoms with Crippen LogP contribution in [0.5, 0.6) is 5.88 Å². The van der Waals surface area contributed by atoms with E-state index in [2.05, 4.69) is 15.3 Å². The van der Waals surface area contributed by atoms with Gasteiger partial charge in [-0.2, -0.15) is 0 Å². The largest absolute Gasteiger partial charge is 0.481 e. The number of ether oxygens (including phenoxy) is 2. The normalized spacial score (nSPS) is 16.0. The number of hydrogen-bond donors (Lipinski definition) is 2. The molecule has 5 heterocycles. The maximum Gasteiger partial charge on any atom is 0.410 e. The van der Waals surface area contributed by atoms with Crippen LogP contribution in [0.4, 0.5) is 4.79 Å². The van der Waals surface area contributed by atoms with Crippen LogP contribution in [0.25, 0.3) is 39.2 Å². The molecular weight excluding hydrogens is 773 g/mol. The number of aliphatic carboxylic acids is 1. The van der Waals surface area contributed by atoms with Gasteiger partial charge in [-0.25, -0.2) is 14.8 Å². The summed E-state index contributed by atoms with van der Waals surface area (Å²) in [7, 11) is 1.47. The van der Waals surface area contributed by atoms with Crippen molar-refractivity contribution < 1.29 is 29.0 Å². The molecule has 296 valence electrons. The molecule has 57 heavy (non-hydrogen) atoms. The lowest BCUT2D eigenvalue weighted by Gasteiger charge is -2.36. The molecule has 16 heteroatoms. The van der Waals surface area contributed by atoms with Crippen molar-refractivity contribution in [3.05, 3.63) is 98.8 Å². The Bertz CT molecular complexity index is 2450. The van der Waals surface area contributed by atoms with Gasteiger partial charge < -0.3 is 24.8 Å². The molecule has 2 aliphatic heterocycles. The van der Waals surface area contributed by atoms with Crippen molar-refractivity contribution >= 4 is 46.8 Å². The van der Waals surface area contributed by atoms with Crippen molar-refractivity contribution in [2.45, 2.75) is 58.3 Å². The van der Waals surface area contributed by atoms with E-state index in [0.29, 0.717) is 87.4 Å². The number of pyridine rings is 1. The number of nitrogens with zero attached hydrogens (tertiary/aromatic N) is 6. The van der Waals surface area contributed by atoms with E-state index in [0.717, 1.165) is 5.56 Å². The van der Waals surface area contributed by atoms with Crippen molar-refractivity contribution in [2.24, 2.45) is 5.92 Å². The van der Waals surface area contributed by atoms with E-state index in [9.17, 15) is 24.3 Å². The summed E-state index contributed by atoms with van der Waals surface area (Å²) < 4.78 is 12.8. The highest BCUT2D eigenvalue weighted by Gasteiger charge is 2.33. The van der Waals surface area contributed by atoms with Crippen LogP contribution in [0.1, 0.15) is 44.9 Å². The number of aromatic nitrogens is 4. The maximum absolute atomic E-state index is 13.3. The Morgan fingerprint density at radius 2 is 1.67 bits per heavy atom.